The maximum atomic E-state index is 11.8. The molecule has 0 aliphatic carbocycles. The summed E-state index contributed by atoms with van der Waals surface area (Å²) in [6.07, 6.45) is -0.708. The topological polar surface area (TPSA) is 75.6 Å². The van der Waals surface area contributed by atoms with Crippen LogP contribution in [0.15, 0.2) is 30.3 Å². The number of thiophene rings is 1. The number of anilines is 1. The molecule has 1 aromatic heterocycles. The first-order valence-corrected chi connectivity index (χ1v) is 6.68. The predicted octanol–water partition coefficient (Wildman–Crippen LogP) is 3.67. The van der Waals surface area contributed by atoms with Crippen molar-refractivity contribution in [2.45, 2.75) is 13.8 Å². The molecule has 1 amide bonds. The molecule has 2 aromatic rings. The average molecular weight is 291 g/mol. The van der Waals surface area contributed by atoms with Gasteiger partial charge in [-0.15, -0.1) is 11.3 Å². The van der Waals surface area contributed by atoms with Crippen molar-refractivity contribution in [3.8, 4) is 5.75 Å². The summed E-state index contributed by atoms with van der Waals surface area (Å²) in [4.78, 5) is 23.8. The summed E-state index contributed by atoms with van der Waals surface area (Å²) in [5.74, 6) is -0.672. The molecule has 0 radical (unpaired) electrons. The molecule has 0 saturated carbocycles. The molecule has 1 heterocycles. The van der Waals surface area contributed by atoms with Crippen LogP contribution in [-0.4, -0.2) is 17.2 Å². The van der Waals surface area contributed by atoms with Gasteiger partial charge < -0.3 is 9.84 Å². The van der Waals surface area contributed by atoms with Crippen molar-refractivity contribution >= 4 is 28.4 Å². The Morgan fingerprint density at radius 3 is 2.45 bits per heavy atom. The first-order valence-electron chi connectivity index (χ1n) is 5.86. The number of carboxylic acid groups (broad SMARTS) is 1. The van der Waals surface area contributed by atoms with Crippen molar-refractivity contribution in [1.29, 1.82) is 0 Å². The monoisotopic (exact) mass is 291 g/mol. The molecule has 2 N–H and O–H groups in total. The number of hydrogen-bond acceptors (Lipinski definition) is 4. The summed E-state index contributed by atoms with van der Waals surface area (Å²) >= 11 is 1.22. The van der Waals surface area contributed by atoms with Gasteiger partial charge in [-0.05, 0) is 31.5 Å². The summed E-state index contributed by atoms with van der Waals surface area (Å²) in [6, 6.07) is 8.57. The van der Waals surface area contributed by atoms with Crippen molar-refractivity contribution in [1.82, 2.24) is 0 Å². The highest BCUT2D eigenvalue weighted by molar-refractivity contribution is 7.16. The minimum atomic E-state index is -1.07. The van der Waals surface area contributed by atoms with E-state index in [1.165, 1.54) is 11.3 Å². The lowest BCUT2D eigenvalue weighted by Gasteiger charge is -2.05. The normalized spacial score (nSPS) is 10.1. The SMILES string of the molecule is Cc1sc(NC(=O)Oc2ccccc2)c(C(=O)O)c1C. The van der Waals surface area contributed by atoms with Crippen molar-refractivity contribution in [3.05, 3.63) is 46.3 Å². The van der Waals surface area contributed by atoms with Gasteiger partial charge in [0.2, 0.25) is 0 Å². The Kier molecular flexibility index (Phi) is 4.05. The number of aromatic carboxylic acids is 1. The van der Waals surface area contributed by atoms with Gasteiger partial charge in [-0.2, -0.15) is 0 Å². The second-order valence-corrected chi connectivity index (χ2v) is 5.34. The fourth-order valence-electron chi connectivity index (χ4n) is 1.69. The molecule has 104 valence electrons. The number of carboxylic acids is 1. The third kappa shape index (κ3) is 2.97. The number of amides is 1. The van der Waals surface area contributed by atoms with Crippen molar-refractivity contribution < 1.29 is 19.4 Å². The van der Waals surface area contributed by atoms with Gasteiger partial charge in [0, 0.05) is 4.88 Å². The van der Waals surface area contributed by atoms with E-state index in [2.05, 4.69) is 5.32 Å². The molecule has 20 heavy (non-hydrogen) atoms. The Labute approximate surface area is 119 Å². The molecule has 0 unspecified atom stereocenters. The zero-order valence-corrected chi connectivity index (χ0v) is 11.8. The third-order valence-corrected chi connectivity index (χ3v) is 3.89. The van der Waals surface area contributed by atoms with E-state index in [4.69, 9.17) is 4.74 Å². The average Bonchev–Trinajstić information content (AvgIpc) is 2.65. The molecule has 0 bridgehead atoms. The fourth-order valence-corrected chi connectivity index (χ4v) is 2.72. The van der Waals surface area contributed by atoms with Crippen LogP contribution in [0.25, 0.3) is 0 Å². The predicted molar refractivity (Wildman–Crippen MR) is 76.8 cm³/mol. The van der Waals surface area contributed by atoms with E-state index < -0.39 is 12.1 Å². The van der Waals surface area contributed by atoms with Crippen LogP contribution >= 0.6 is 11.3 Å². The number of carbonyl (C=O) groups is 2. The summed E-state index contributed by atoms with van der Waals surface area (Å²) < 4.78 is 5.07. The standard InChI is InChI=1S/C14H13NO4S/c1-8-9(2)20-12(11(8)13(16)17)15-14(18)19-10-6-4-3-5-7-10/h3-7H,1-2H3,(H,15,18)(H,16,17). The Balaban J connectivity index is 2.16. The van der Waals surface area contributed by atoms with E-state index in [1.54, 1.807) is 44.2 Å². The van der Waals surface area contributed by atoms with Gasteiger partial charge in [0.05, 0.1) is 5.56 Å². The minimum Gasteiger partial charge on any atom is -0.478 e. The van der Waals surface area contributed by atoms with Gasteiger partial charge in [0.15, 0.2) is 0 Å². The highest BCUT2D eigenvalue weighted by Crippen LogP contribution is 2.32. The highest BCUT2D eigenvalue weighted by atomic mass is 32.1. The zero-order valence-electron chi connectivity index (χ0n) is 11.0. The molecule has 0 saturated heterocycles. The number of carbonyl (C=O) groups excluding carboxylic acids is 1. The lowest BCUT2D eigenvalue weighted by atomic mass is 10.1. The van der Waals surface area contributed by atoms with Crippen LogP contribution in [0.1, 0.15) is 20.8 Å². The third-order valence-electron chi connectivity index (χ3n) is 2.77. The molecule has 2 rings (SSSR count). The minimum absolute atomic E-state index is 0.109. The molecule has 1 aromatic carbocycles. The molecular formula is C14H13NO4S. The number of para-hydroxylation sites is 1. The summed E-state index contributed by atoms with van der Waals surface area (Å²) in [7, 11) is 0. The summed E-state index contributed by atoms with van der Waals surface area (Å²) in [5.41, 5.74) is 0.759. The first kappa shape index (κ1) is 14.1. The van der Waals surface area contributed by atoms with Gasteiger partial charge in [-0.1, -0.05) is 18.2 Å². The van der Waals surface area contributed by atoms with E-state index in [9.17, 15) is 14.7 Å². The van der Waals surface area contributed by atoms with Crippen LogP contribution in [0.4, 0.5) is 9.80 Å². The van der Waals surface area contributed by atoms with Crippen molar-refractivity contribution in [2.75, 3.05) is 5.32 Å². The van der Waals surface area contributed by atoms with Gasteiger partial charge in [0.25, 0.3) is 0 Å². The molecule has 0 atom stereocenters. The number of ether oxygens (including phenoxy) is 1. The Hall–Kier alpha value is -2.34. The largest absolute Gasteiger partial charge is 0.478 e. The highest BCUT2D eigenvalue weighted by Gasteiger charge is 2.20. The van der Waals surface area contributed by atoms with E-state index in [0.717, 1.165) is 4.88 Å². The van der Waals surface area contributed by atoms with Gasteiger partial charge in [-0.3, -0.25) is 5.32 Å². The quantitative estimate of drug-likeness (QED) is 0.904. The van der Waals surface area contributed by atoms with Crippen molar-refractivity contribution in [3.63, 3.8) is 0 Å². The molecule has 5 nitrogen and oxygen atoms in total. The lowest BCUT2D eigenvalue weighted by molar-refractivity contribution is 0.0697. The number of rotatable bonds is 3. The lowest BCUT2D eigenvalue weighted by Crippen LogP contribution is -2.17. The number of hydrogen-bond donors (Lipinski definition) is 2. The number of aryl methyl sites for hydroxylation is 1. The van der Waals surface area contributed by atoms with Crippen LogP contribution in [0.5, 0.6) is 5.75 Å². The second-order valence-electron chi connectivity index (χ2n) is 4.12. The van der Waals surface area contributed by atoms with Crippen LogP contribution in [0.2, 0.25) is 0 Å². The summed E-state index contributed by atoms with van der Waals surface area (Å²) in [6.45, 7) is 3.52. The van der Waals surface area contributed by atoms with E-state index >= 15 is 0 Å². The maximum absolute atomic E-state index is 11.8. The van der Waals surface area contributed by atoms with Crippen LogP contribution < -0.4 is 10.1 Å². The molecule has 0 aliphatic heterocycles. The van der Waals surface area contributed by atoms with E-state index in [-0.39, 0.29) is 10.6 Å². The van der Waals surface area contributed by atoms with Crippen LogP contribution in [-0.2, 0) is 0 Å². The van der Waals surface area contributed by atoms with Gasteiger partial charge >= 0.3 is 12.1 Å². The molecule has 0 aliphatic rings. The molecular weight excluding hydrogens is 278 g/mol. The molecule has 6 heteroatoms. The van der Waals surface area contributed by atoms with E-state index in [1.807, 2.05) is 0 Å². The number of nitrogens with one attached hydrogen (secondary N) is 1. The molecule has 0 fully saturated rings. The second kappa shape index (κ2) is 5.75. The van der Waals surface area contributed by atoms with Crippen molar-refractivity contribution in [2.24, 2.45) is 0 Å². The van der Waals surface area contributed by atoms with Crippen LogP contribution in [0, 0.1) is 13.8 Å². The van der Waals surface area contributed by atoms with Crippen LogP contribution in [0.3, 0.4) is 0 Å². The smallest absolute Gasteiger partial charge is 0.417 e. The molecule has 0 spiro atoms. The van der Waals surface area contributed by atoms with Gasteiger partial charge in [-0.25, -0.2) is 9.59 Å². The Bertz CT molecular complexity index is 649. The van der Waals surface area contributed by atoms with E-state index in [0.29, 0.717) is 11.3 Å². The zero-order chi connectivity index (χ0) is 14.7. The maximum Gasteiger partial charge on any atom is 0.417 e. The summed E-state index contributed by atoms with van der Waals surface area (Å²) in [5, 5.41) is 11.9. The fraction of sp³-hybridized carbons (Fsp3) is 0.143. The Morgan fingerprint density at radius 1 is 1.20 bits per heavy atom. The first-order chi connectivity index (χ1) is 9.49. The Morgan fingerprint density at radius 2 is 1.85 bits per heavy atom. The van der Waals surface area contributed by atoms with Gasteiger partial charge in [0.1, 0.15) is 10.8 Å². The number of benzene rings is 1.